The molecule has 2 heterocycles. The zero-order valence-corrected chi connectivity index (χ0v) is 13.8. The van der Waals surface area contributed by atoms with Gasteiger partial charge in [0, 0.05) is 18.5 Å². The highest BCUT2D eigenvalue weighted by Crippen LogP contribution is 2.44. The minimum absolute atomic E-state index is 0. The van der Waals surface area contributed by atoms with Crippen LogP contribution in [0.25, 0.3) is 0 Å². The Morgan fingerprint density at radius 1 is 0.909 bits per heavy atom. The van der Waals surface area contributed by atoms with Crippen molar-refractivity contribution in [3.05, 3.63) is 70.8 Å². The van der Waals surface area contributed by atoms with E-state index in [4.69, 9.17) is 0 Å². The lowest BCUT2D eigenvalue weighted by Crippen LogP contribution is -2.34. The smallest absolute Gasteiger partial charge is 0.123 e. The lowest BCUT2D eigenvalue weighted by atomic mass is 9.81. The summed E-state index contributed by atoms with van der Waals surface area (Å²) in [5.74, 6) is -0.177. The van der Waals surface area contributed by atoms with Gasteiger partial charge in [-0.1, -0.05) is 18.2 Å². The van der Waals surface area contributed by atoms with Gasteiger partial charge in [0.15, 0.2) is 0 Å². The Hall–Kier alpha value is -1.26. The highest BCUT2D eigenvalue weighted by Gasteiger charge is 2.36. The van der Waals surface area contributed by atoms with Crippen LogP contribution < -0.4 is 0 Å². The molecule has 2 aromatic rings. The highest BCUT2D eigenvalue weighted by atomic mass is 79.9. The lowest BCUT2D eigenvalue weighted by Gasteiger charge is -2.37. The zero-order chi connectivity index (χ0) is 14.4. The van der Waals surface area contributed by atoms with Gasteiger partial charge >= 0.3 is 0 Å². The van der Waals surface area contributed by atoms with Gasteiger partial charge in [0.25, 0.3) is 0 Å². The summed E-state index contributed by atoms with van der Waals surface area (Å²) in [6.07, 6.45) is 2.27. The number of rotatable bonds is 1. The molecule has 1 fully saturated rings. The van der Waals surface area contributed by atoms with Crippen LogP contribution in [0.4, 0.5) is 8.78 Å². The van der Waals surface area contributed by atoms with Crippen molar-refractivity contribution in [3.8, 4) is 0 Å². The number of fused-ring (bicyclic) bond motifs is 3. The molecule has 2 aromatic carbocycles. The Kier molecular flexibility index (Phi) is 4.33. The van der Waals surface area contributed by atoms with Gasteiger partial charge in [0.05, 0.1) is 0 Å². The fourth-order valence-electron chi connectivity index (χ4n) is 3.86. The highest BCUT2D eigenvalue weighted by molar-refractivity contribution is 8.93. The van der Waals surface area contributed by atoms with Crippen LogP contribution in [-0.2, 0) is 0 Å². The monoisotopic (exact) mass is 365 g/mol. The standard InChI is InChI=1S/C18H17F2N.BrH/c19-13-5-3-12(4-6-13)17-11-21-9-1-2-18(21)16-10-14(20)7-8-15(16)17;/h3-8,10,17-18H,1-2,9,11H2;1H/t17-,18-;/m0./s1. The zero-order valence-electron chi connectivity index (χ0n) is 12.1. The second-order valence-electron chi connectivity index (χ2n) is 6.03. The van der Waals surface area contributed by atoms with Crippen molar-refractivity contribution in [1.82, 2.24) is 4.90 Å². The first-order valence-electron chi connectivity index (χ1n) is 7.51. The maximum Gasteiger partial charge on any atom is 0.123 e. The Balaban J connectivity index is 0.00000144. The van der Waals surface area contributed by atoms with Crippen LogP contribution in [0.5, 0.6) is 0 Å². The molecule has 0 aliphatic carbocycles. The van der Waals surface area contributed by atoms with Crippen molar-refractivity contribution in [2.45, 2.75) is 24.8 Å². The Morgan fingerprint density at radius 2 is 1.64 bits per heavy atom. The predicted molar refractivity (Wildman–Crippen MR) is 88.5 cm³/mol. The molecule has 116 valence electrons. The first-order chi connectivity index (χ1) is 10.2. The molecule has 4 heteroatoms. The molecule has 0 spiro atoms. The molecular formula is C18H18BrF2N. The van der Waals surface area contributed by atoms with Gasteiger partial charge in [-0.25, -0.2) is 8.78 Å². The molecule has 0 saturated carbocycles. The van der Waals surface area contributed by atoms with Crippen LogP contribution in [0.15, 0.2) is 42.5 Å². The van der Waals surface area contributed by atoms with Crippen molar-refractivity contribution < 1.29 is 8.78 Å². The maximum absolute atomic E-state index is 13.7. The van der Waals surface area contributed by atoms with Gasteiger partial charge in [0.1, 0.15) is 11.6 Å². The summed E-state index contributed by atoms with van der Waals surface area (Å²) in [6.45, 7) is 2.01. The fourth-order valence-corrected chi connectivity index (χ4v) is 3.86. The van der Waals surface area contributed by atoms with E-state index in [1.165, 1.54) is 17.7 Å². The summed E-state index contributed by atoms with van der Waals surface area (Å²) in [5, 5.41) is 0. The number of hydrogen-bond acceptors (Lipinski definition) is 1. The van der Waals surface area contributed by atoms with Crippen LogP contribution in [0.2, 0.25) is 0 Å². The van der Waals surface area contributed by atoms with Crippen molar-refractivity contribution in [3.63, 3.8) is 0 Å². The normalized spacial score (nSPS) is 23.5. The molecule has 4 rings (SSSR count). The predicted octanol–water partition coefficient (Wildman–Crippen LogP) is 4.83. The molecule has 0 radical (unpaired) electrons. The molecule has 0 amide bonds. The minimum Gasteiger partial charge on any atom is -0.295 e. The number of hydrogen-bond donors (Lipinski definition) is 0. The van der Waals surface area contributed by atoms with Crippen LogP contribution in [0.3, 0.4) is 0 Å². The van der Waals surface area contributed by atoms with Crippen molar-refractivity contribution in [2.75, 3.05) is 13.1 Å². The van der Waals surface area contributed by atoms with Gasteiger partial charge in [-0.15, -0.1) is 17.0 Å². The van der Waals surface area contributed by atoms with Crippen molar-refractivity contribution in [1.29, 1.82) is 0 Å². The van der Waals surface area contributed by atoms with E-state index in [1.807, 2.05) is 18.2 Å². The Morgan fingerprint density at radius 3 is 2.41 bits per heavy atom. The van der Waals surface area contributed by atoms with Crippen LogP contribution in [-0.4, -0.2) is 18.0 Å². The van der Waals surface area contributed by atoms with Crippen molar-refractivity contribution >= 4 is 17.0 Å². The molecule has 1 saturated heterocycles. The largest absolute Gasteiger partial charge is 0.295 e. The third kappa shape index (κ3) is 2.59. The molecule has 2 aliphatic rings. The molecule has 0 aromatic heterocycles. The number of halogens is 3. The number of nitrogens with zero attached hydrogens (tertiary/aromatic N) is 1. The van der Waals surface area contributed by atoms with E-state index in [-0.39, 0.29) is 34.5 Å². The Labute approximate surface area is 139 Å². The van der Waals surface area contributed by atoms with Crippen molar-refractivity contribution in [2.24, 2.45) is 0 Å². The van der Waals surface area contributed by atoms with Gasteiger partial charge in [-0.2, -0.15) is 0 Å². The van der Waals surface area contributed by atoms with E-state index in [2.05, 4.69) is 4.90 Å². The first-order valence-corrected chi connectivity index (χ1v) is 7.51. The van der Waals surface area contributed by atoms with E-state index in [0.717, 1.165) is 37.1 Å². The van der Waals surface area contributed by atoms with Gasteiger partial charge in [0.2, 0.25) is 0 Å². The molecule has 2 aliphatic heterocycles. The average molecular weight is 366 g/mol. The van der Waals surface area contributed by atoms with Crippen LogP contribution in [0, 0.1) is 11.6 Å². The average Bonchev–Trinajstić information content (AvgIpc) is 2.96. The van der Waals surface area contributed by atoms with Gasteiger partial charge < -0.3 is 0 Å². The van der Waals surface area contributed by atoms with Crippen LogP contribution in [0.1, 0.15) is 41.5 Å². The topological polar surface area (TPSA) is 3.24 Å². The third-order valence-electron chi connectivity index (χ3n) is 4.84. The molecule has 22 heavy (non-hydrogen) atoms. The SMILES string of the molecule is Br.Fc1ccc([C@@H]2CN3CCC[C@H]3c3cc(F)ccc32)cc1. The summed E-state index contributed by atoms with van der Waals surface area (Å²) in [5.41, 5.74) is 3.42. The first kappa shape index (κ1) is 15.6. The van der Waals surface area contributed by atoms with E-state index in [0.29, 0.717) is 6.04 Å². The van der Waals surface area contributed by atoms with Gasteiger partial charge in [-0.05, 0) is 60.3 Å². The van der Waals surface area contributed by atoms with E-state index in [1.54, 1.807) is 12.1 Å². The van der Waals surface area contributed by atoms with E-state index in [9.17, 15) is 8.78 Å². The summed E-state index contributed by atoms with van der Waals surface area (Å²) in [6, 6.07) is 12.2. The fraction of sp³-hybridized carbons (Fsp3) is 0.333. The maximum atomic E-state index is 13.7. The summed E-state index contributed by atoms with van der Waals surface area (Å²) in [7, 11) is 0. The van der Waals surface area contributed by atoms with E-state index < -0.39 is 0 Å². The molecule has 0 N–H and O–H groups in total. The third-order valence-corrected chi connectivity index (χ3v) is 4.84. The summed E-state index contributed by atoms with van der Waals surface area (Å²) >= 11 is 0. The van der Waals surface area contributed by atoms with Gasteiger partial charge in [-0.3, -0.25) is 4.90 Å². The molecular weight excluding hydrogens is 348 g/mol. The molecule has 1 nitrogen and oxygen atoms in total. The van der Waals surface area contributed by atoms with E-state index >= 15 is 0 Å². The minimum atomic E-state index is -0.215. The summed E-state index contributed by atoms with van der Waals surface area (Å²) in [4.78, 5) is 2.44. The molecule has 0 bridgehead atoms. The molecule has 0 unspecified atom stereocenters. The summed E-state index contributed by atoms with van der Waals surface area (Å²) < 4.78 is 26.8. The van der Waals surface area contributed by atoms with Crippen LogP contribution >= 0.6 is 17.0 Å². The quantitative estimate of drug-likeness (QED) is 0.699. The lowest BCUT2D eigenvalue weighted by molar-refractivity contribution is 0.229. The number of benzene rings is 2. The second kappa shape index (κ2) is 6.09. The Bertz CT molecular complexity index is 671. The molecule has 2 atom stereocenters. The second-order valence-corrected chi connectivity index (χ2v) is 6.03.